The van der Waals surface area contributed by atoms with Gasteiger partial charge < -0.3 is 0 Å². The number of allylic oxidation sites excluding steroid dienone is 1. The summed E-state index contributed by atoms with van der Waals surface area (Å²) < 4.78 is 0. The van der Waals surface area contributed by atoms with Crippen LogP contribution in [-0.2, 0) is 0 Å². The summed E-state index contributed by atoms with van der Waals surface area (Å²) in [6.45, 7) is 6.30. The minimum absolute atomic E-state index is 0.0742. The molecule has 0 unspecified atom stereocenters. The smallest absolute Gasteiger partial charge is 0.0692 e. The molecule has 62 valence electrons. The van der Waals surface area contributed by atoms with Gasteiger partial charge in [-0.15, -0.1) is 0 Å². The van der Waals surface area contributed by atoms with E-state index in [0.29, 0.717) is 0 Å². The van der Waals surface area contributed by atoms with Crippen molar-refractivity contribution in [2.75, 3.05) is 0 Å². The summed E-state index contributed by atoms with van der Waals surface area (Å²) >= 11 is 0. The van der Waals surface area contributed by atoms with Gasteiger partial charge in [0.1, 0.15) is 0 Å². The second kappa shape index (κ2) is 2.54. The fourth-order valence-corrected chi connectivity index (χ4v) is 0.751. The predicted molar refractivity (Wildman–Crippen MR) is 45.2 cm³/mol. The van der Waals surface area contributed by atoms with Crippen LogP contribution in [0.25, 0.3) is 0 Å². The molecule has 0 aromatic carbocycles. The molecule has 0 spiro atoms. The first-order valence-electron chi connectivity index (χ1n) is 3.56. The molecule has 1 aliphatic rings. The zero-order valence-electron chi connectivity index (χ0n) is 7.13. The van der Waals surface area contributed by atoms with Gasteiger partial charge in [0, 0.05) is 11.6 Å². The molecular formula is C7H14N4. The van der Waals surface area contributed by atoms with Gasteiger partial charge in [-0.1, -0.05) is 20.8 Å². The molecule has 0 aliphatic carbocycles. The number of hydrogen-bond donors (Lipinski definition) is 2. The van der Waals surface area contributed by atoms with E-state index in [2.05, 4.69) is 31.4 Å². The third kappa shape index (κ3) is 1.94. The summed E-state index contributed by atoms with van der Waals surface area (Å²) in [5, 5.41) is 5.38. The average molecular weight is 154 g/mol. The van der Waals surface area contributed by atoms with Gasteiger partial charge in [-0.2, -0.15) is 5.10 Å². The van der Waals surface area contributed by atoms with Crippen LogP contribution in [0.3, 0.4) is 0 Å². The van der Waals surface area contributed by atoms with Gasteiger partial charge in [0.2, 0.25) is 0 Å². The maximum absolute atomic E-state index is 5.37. The number of nitrogens with one attached hydrogen (secondary N) is 1. The average Bonchev–Trinajstić information content (AvgIpc) is 1.86. The number of hydrazine groups is 2. The van der Waals surface area contributed by atoms with Crippen LogP contribution >= 0.6 is 0 Å². The number of nitrogens with zero attached hydrogens (tertiary/aromatic N) is 2. The Morgan fingerprint density at radius 2 is 2.18 bits per heavy atom. The van der Waals surface area contributed by atoms with Crippen LogP contribution in [0.2, 0.25) is 0 Å². The van der Waals surface area contributed by atoms with Gasteiger partial charge in [-0.05, 0) is 6.08 Å². The van der Waals surface area contributed by atoms with E-state index in [-0.39, 0.29) is 5.41 Å². The molecule has 3 N–H and O–H groups in total. The van der Waals surface area contributed by atoms with Crippen LogP contribution in [0.4, 0.5) is 0 Å². The van der Waals surface area contributed by atoms with Crippen molar-refractivity contribution in [2.45, 2.75) is 20.8 Å². The number of rotatable bonds is 0. The monoisotopic (exact) mass is 154 g/mol. The van der Waals surface area contributed by atoms with Gasteiger partial charge in [-0.3, -0.25) is 0 Å². The van der Waals surface area contributed by atoms with Gasteiger partial charge in [-0.25, -0.2) is 16.5 Å². The Bertz CT molecular complexity index is 199. The highest BCUT2D eigenvalue weighted by Crippen LogP contribution is 2.17. The van der Waals surface area contributed by atoms with Crippen LogP contribution in [0, 0.1) is 5.41 Å². The van der Waals surface area contributed by atoms with E-state index in [1.807, 2.05) is 6.08 Å². The molecule has 0 aromatic heterocycles. The molecule has 0 saturated heterocycles. The Morgan fingerprint density at radius 1 is 1.55 bits per heavy atom. The zero-order chi connectivity index (χ0) is 8.48. The van der Waals surface area contributed by atoms with Gasteiger partial charge >= 0.3 is 0 Å². The molecule has 0 aromatic rings. The fourth-order valence-electron chi connectivity index (χ4n) is 0.751. The second-order valence-electron chi connectivity index (χ2n) is 3.57. The van der Waals surface area contributed by atoms with Crippen molar-refractivity contribution in [3.8, 4) is 0 Å². The lowest BCUT2D eigenvalue weighted by molar-refractivity contribution is 0.280. The van der Waals surface area contributed by atoms with Crippen LogP contribution in [-0.4, -0.2) is 10.8 Å². The summed E-state index contributed by atoms with van der Waals surface area (Å²) in [5.74, 6) is 5.37. The summed E-state index contributed by atoms with van der Waals surface area (Å²) in [4.78, 5) is 0. The standard InChI is InChI=1S/C7H14N4/c1-7(2,3)6-4-5-11(8)10-9-6/h4-5,10H,8H2,1-3H3. The van der Waals surface area contributed by atoms with Crippen LogP contribution in [0.5, 0.6) is 0 Å². The zero-order valence-corrected chi connectivity index (χ0v) is 7.13. The first-order valence-corrected chi connectivity index (χ1v) is 3.56. The van der Waals surface area contributed by atoms with Crippen LogP contribution in [0.15, 0.2) is 17.4 Å². The Labute approximate surface area is 66.7 Å². The summed E-state index contributed by atoms with van der Waals surface area (Å²) in [5.41, 5.74) is 3.72. The third-order valence-corrected chi connectivity index (χ3v) is 1.45. The Kier molecular flexibility index (Phi) is 1.87. The first kappa shape index (κ1) is 8.07. The molecule has 0 radical (unpaired) electrons. The summed E-state index contributed by atoms with van der Waals surface area (Å²) in [6.07, 6.45) is 3.64. The molecule has 11 heavy (non-hydrogen) atoms. The second-order valence-corrected chi connectivity index (χ2v) is 3.57. The third-order valence-electron chi connectivity index (χ3n) is 1.45. The van der Waals surface area contributed by atoms with E-state index < -0.39 is 0 Å². The maximum Gasteiger partial charge on any atom is 0.0692 e. The summed E-state index contributed by atoms with van der Waals surface area (Å²) in [7, 11) is 0. The molecule has 1 aliphatic heterocycles. The topological polar surface area (TPSA) is 53.7 Å². The number of hydrazone groups is 1. The fraction of sp³-hybridized carbons (Fsp3) is 0.571. The maximum atomic E-state index is 5.37. The lowest BCUT2D eigenvalue weighted by Gasteiger charge is -2.24. The van der Waals surface area contributed by atoms with Crippen molar-refractivity contribution in [1.29, 1.82) is 0 Å². The Morgan fingerprint density at radius 3 is 2.55 bits per heavy atom. The molecular weight excluding hydrogens is 140 g/mol. The van der Waals surface area contributed by atoms with Crippen molar-refractivity contribution >= 4 is 5.71 Å². The van der Waals surface area contributed by atoms with E-state index in [4.69, 9.17) is 5.84 Å². The van der Waals surface area contributed by atoms with E-state index in [9.17, 15) is 0 Å². The van der Waals surface area contributed by atoms with E-state index in [0.717, 1.165) is 5.71 Å². The Hall–Kier alpha value is -1.03. The Balaban J connectivity index is 2.71. The molecule has 4 heteroatoms. The highest BCUT2D eigenvalue weighted by atomic mass is 15.8. The molecule has 0 bridgehead atoms. The molecule has 0 fully saturated rings. The molecule has 1 heterocycles. The van der Waals surface area contributed by atoms with Crippen molar-refractivity contribution in [3.63, 3.8) is 0 Å². The quantitative estimate of drug-likeness (QED) is 0.502. The van der Waals surface area contributed by atoms with Crippen LogP contribution in [0.1, 0.15) is 20.8 Å². The van der Waals surface area contributed by atoms with Gasteiger partial charge in [0.25, 0.3) is 0 Å². The van der Waals surface area contributed by atoms with Crippen molar-refractivity contribution in [1.82, 2.24) is 10.7 Å². The first-order chi connectivity index (χ1) is 5.00. The highest BCUT2D eigenvalue weighted by Gasteiger charge is 2.18. The molecule has 0 atom stereocenters. The van der Waals surface area contributed by atoms with E-state index >= 15 is 0 Å². The van der Waals surface area contributed by atoms with Gasteiger partial charge in [0.15, 0.2) is 0 Å². The molecule has 0 amide bonds. The van der Waals surface area contributed by atoms with Crippen molar-refractivity contribution in [2.24, 2.45) is 16.4 Å². The van der Waals surface area contributed by atoms with Crippen molar-refractivity contribution in [3.05, 3.63) is 12.3 Å². The normalized spacial score (nSPS) is 17.8. The lowest BCUT2D eigenvalue weighted by Crippen LogP contribution is -2.40. The largest absolute Gasteiger partial charge is 0.227 e. The molecule has 1 rings (SSSR count). The predicted octanol–water partition coefficient (Wildman–Crippen LogP) is 0.596. The SMILES string of the molecule is CC(C)(C)C1=NNN(N)C=C1. The highest BCUT2D eigenvalue weighted by molar-refractivity contribution is 5.98. The van der Waals surface area contributed by atoms with E-state index in [1.54, 1.807) is 6.20 Å². The van der Waals surface area contributed by atoms with Crippen molar-refractivity contribution < 1.29 is 0 Å². The van der Waals surface area contributed by atoms with Crippen LogP contribution < -0.4 is 11.4 Å². The minimum atomic E-state index is 0.0742. The number of nitrogens with two attached hydrogens (primary N) is 1. The van der Waals surface area contributed by atoms with E-state index in [1.165, 1.54) is 5.12 Å². The molecule has 4 nitrogen and oxygen atoms in total. The molecule has 0 saturated carbocycles. The number of hydrogen-bond acceptors (Lipinski definition) is 4. The van der Waals surface area contributed by atoms with Gasteiger partial charge in [0.05, 0.1) is 5.71 Å². The summed E-state index contributed by atoms with van der Waals surface area (Å²) in [6, 6.07) is 0. The minimum Gasteiger partial charge on any atom is -0.227 e. The lowest BCUT2D eigenvalue weighted by atomic mass is 9.90.